The van der Waals surface area contributed by atoms with E-state index in [1.165, 1.54) is 36.8 Å². The van der Waals surface area contributed by atoms with E-state index in [0.29, 0.717) is 17.9 Å². The number of anilines is 1. The highest BCUT2D eigenvalue weighted by molar-refractivity contribution is 5.88. The van der Waals surface area contributed by atoms with E-state index in [1.807, 2.05) is 0 Å². The van der Waals surface area contributed by atoms with Gasteiger partial charge in [0.2, 0.25) is 5.91 Å². The van der Waals surface area contributed by atoms with Gasteiger partial charge in [-0.25, -0.2) is 14.2 Å². The number of rotatable bonds is 8. The highest BCUT2D eigenvalue weighted by atomic mass is 19.1. The maximum Gasteiger partial charge on any atom is 0.333 e. The number of carbonyl (C=O) groups is 2. The van der Waals surface area contributed by atoms with Crippen molar-refractivity contribution in [3.63, 3.8) is 0 Å². The fourth-order valence-corrected chi connectivity index (χ4v) is 3.84. The van der Waals surface area contributed by atoms with Crippen LogP contribution < -0.4 is 16.6 Å². The third kappa shape index (κ3) is 5.24. The number of amides is 1. The maximum absolute atomic E-state index is 14.3. The fraction of sp³-hybridized carbons (Fsp3) is 0.240. The molecule has 11 heteroatoms. The molecule has 2 heterocycles. The Morgan fingerprint density at radius 3 is 2.47 bits per heavy atom. The summed E-state index contributed by atoms with van der Waals surface area (Å²) in [5.41, 5.74) is 0.477. The number of aryl methyl sites for hydroxylation is 1. The van der Waals surface area contributed by atoms with Crippen molar-refractivity contribution in [1.29, 1.82) is 0 Å². The molecule has 0 bridgehead atoms. The summed E-state index contributed by atoms with van der Waals surface area (Å²) >= 11 is 0. The van der Waals surface area contributed by atoms with Crippen LogP contribution >= 0.6 is 0 Å². The van der Waals surface area contributed by atoms with E-state index in [4.69, 9.17) is 0 Å². The Balaban J connectivity index is 1.76. The minimum atomic E-state index is -0.711. The van der Waals surface area contributed by atoms with Crippen LogP contribution in [0.15, 0.2) is 58.1 Å². The van der Waals surface area contributed by atoms with E-state index < -0.39 is 23.0 Å². The molecular formula is C25H24FN5O5. The molecule has 4 rings (SSSR count). The van der Waals surface area contributed by atoms with Crippen LogP contribution in [0.2, 0.25) is 0 Å². The molecule has 0 aliphatic heterocycles. The molecule has 186 valence electrons. The van der Waals surface area contributed by atoms with Gasteiger partial charge >= 0.3 is 11.7 Å². The molecule has 4 aromatic rings. The van der Waals surface area contributed by atoms with Crippen LogP contribution in [0.3, 0.4) is 0 Å². The molecule has 0 radical (unpaired) electrons. The molecule has 0 aliphatic rings. The summed E-state index contributed by atoms with van der Waals surface area (Å²) in [5, 5.41) is 2.69. The smallest absolute Gasteiger partial charge is 0.333 e. The van der Waals surface area contributed by atoms with Gasteiger partial charge in [-0.2, -0.15) is 0 Å². The highest BCUT2D eigenvalue weighted by Gasteiger charge is 2.19. The van der Waals surface area contributed by atoms with Gasteiger partial charge in [-0.1, -0.05) is 30.3 Å². The number of nitrogens with zero attached hydrogens (tertiary/aromatic N) is 3. The lowest BCUT2D eigenvalue weighted by Crippen LogP contribution is -2.40. The van der Waals surface area contributed by atoms with E-state index in [0.717, 1.165) is 10.1 Å². The van der Waals surface area contributed by atoms with E-state index >= 15 is 0 Å². The number of H-pyrrole nitrogens is 1. The number of ether oxygens (including phenoxy) is 1. The molecule has 0 unspecified atom stereocenters. The standard InChI is InChI=1S/C25H24FN5O5/c1-15(32)27-18-9-7-16(8-10-18)13-20-28-22-23(29-20)30(12-11-21(33)36-2)25(35)31(24(22)34)14-17-5-3-4-6-19(17)26/h3-10H,11-14H2,1-2H3,(H,27,32)(H,28,29). The summed E-state index contributed by atoms with van der Waals surface area (Å²) in [7, 11) is 1.24. The number of carbonyl (C=O) groups excluding carboxylic acids is 2. The van der Waals surface area contributed by atoms with E-state index in [-0.39, 0.29) is 42.1 Å². The third-order valence-corrected chi connectivity index (χ3v) is 5.61. The first-order chi connectivity index (χ1) is 17.3. The number of hydrogen-bond donors (Lipinski definition) is 2. The average Bonchev–Trinajstić information content (AvgIpc) is 3.27. The molecule has 36 heavy (non-hydrogen) atoms. The second-order valence-corrected chi connectivity index (χ2v) is 8.18. The van der Waals surface area contributed by atoms with Gasteiger partial charge in [-0.15, -0.1) is 0 Å². The van der Waals surface area contributed by atoms with Crippen molar-refractivity contribution in [3.05, 3.63) is 92.1 Å². The first kappa shape index (κ1) is 24.6. The van der Waals surface area contributed by atoms with Gasteiger partial charge in [0.25, 0.3) is 5.56 Å². The molecule has 10 nitrogen and oxygen atoms in total. The monoisotopic (exact) mass is 493 g/mol. The summed E-state index contributed by atoms with van der Waals surface area (Å²) in [4.78, 5) is 56.9. The Labute approximate surface area is 204 Å². The fourth-order valence-electron chi connectivity index (χ4n) is 3.84. The number of benzene rings is 2. The molecule has 0 saturated carbocycles. The van der Waals surface area contributed by atoms with Crippen molar-refractivity contribution in [3.8, 4) is 0 Å². The molecule has 0 fully saturated rings. The van der Waals surface area contributed by atoms with Crippen molar-refractivity contribution in [2.75, 3.05) is 12.4 Å². The molecule has 1 amide bonds. The van der Waals surface area contributed by atoms with Crippen LogP contribution in [0.1, 0.15) is 30.3 Å². The van der Waals surface area contributed by atoms with Crippen LogP contribution in [0, 0.1) is 5.82 Å². The predicted octanol–water partition coefficient (Wildman–Crippen LogP) is 2.19. The largest absolute Gasteiger partial charge is 0.469 e. The number of esters is 1. The lowest BCUT2D eigenvalue weighted by atomic mass is 10.1. The van der Waals surface area contributed by atoms with Crippen molar-refractivity contribution in [2.24, 2.45) is 0 Å². The molecule has 2 aromatic carbocycles. The number of aromatic amines is 1. The van der Waals surface area contributed by atoms with Crippen molar-refractivity contribution >= 4 is 28.7 Å². The van der Waals surface area contributed by atoms with E-state index in [9.17, 15) is 23.6 Å². The van der Waals surface area contributed by atoms with Gasteiger partial charge in [0.1, 0.15) is 17.2 Å². The van der Waals surface area contributed by atoms with Crippen LogP contribution in [0.5, 0.6) is 0 Å². The first-order valence-corrected chi connectivity index (χ1v) is 11.2. The summed E-state index contributed by atoms with van der Waals surface area (Å²) < 4.78 is 21.1. The number of halogens is 1. The SMILES string of the molecule is COC(=O)CCn1c(=O)n(Cc2ccccc2F)c(=O)c2[nH]c(Cc3ccc(NC(C)=O)cc3)nc21. The quantitative estimate of drug-likeness (QED) is 0.362. The zero-order chi connectivity index (χ0) is 25.8. The molecule has 0 spiro atoms. The summed E-state index contributed by atoms with van der Waals surface area (Å²) in [6, 6.07) is 13.0. The van der Waals surface area contributed by atoms with Gasteiger partial charge in [0.15, 0.2) is 5.65 Å². The second kappa shape index (κ2) is 10.4. The van der Waals surface area contributed by atoms with Crippen molar-refractivity contribution in [2.45, 2.75) is 32.9 Å². The van der Waals surface area contributed by atoms with Crippen LogP contribution in [-0.2, 0) is 33.8 Å². The van der Waals surface area contributed by atoms with Gasteiger partial charge in [-0.3, -0.25) is 23.5 Å². The second-order valence-electron chi connectivity index (χ2n) is 8.18. The molecule has 2 N–H and O–H groups in total. The lowest BCUT2D eigenvalue weighted by Gasteiger charge is -2.11. The van der Waals surface area contributed by atoms with E-state index in [2.05, 4.69) is 20.0 Å². The zero-order valence-corrected chi connectivity index (χ0v) is 19.7. The number of imidazole rings is 1. The normalized spacial score (nSPS) is 11.0. The van der Waals surface area contributed by atoms with Gasteiger partial charge in [-0.05, 0) is 23.8 Å². The molecule has 0 atom stereocenters. The Morgan fingerprint density at radius 1 is 1.08 bits per heavy atom. The molecular weight excluding hydrogens is 469 g/mol. The van der Waals surface area contributed by atoms with Crippen LogP contribution in [0.4, 0.5) is 10.1 Å². The number of hydrogen-bond acceptors (Lipinski definition) is 6. The lowest BCUT2D eigenvalue weighted by molar-refractivity contribution is -0.140. The predicted molar refractivity (Wildman–Crippen MR) is 130 cm³/mol. The maximum atomic E-state index is 14.3. The van der Waals surface area contributed by atoms with Crippen LogP contribution in [0.25, 0.3) is 11.2 Å². The Kier molecular flexibility index (Phi) is 7.09. The summed E-state index contributed by atoms with van der Waals surface area (Å²) in [6.07, 6.45) is 0.198. The van der Waals surface area contributed by atoms with Crippen molar-refractivity contribution < 1.29 is 18.7 Å². The van der Waals surface area contributed by atoms with Gasteiger partial charge in [0, 0.05) is 31.1 Å². The number of aromatic nitrogens is 4. The Bertz CT molecular complexity index is 1550. The van der Waals surface area contributed by atoms with Crippen molar-refractivity contribution in [1.82, 2.24) is 19.1 Å². The molecule has 0 aliphatic carbocycles. The van der Waals surface area contributed by atoms with Gasteiger partial charge in [0.05, 0.1) is 20.1 Å². The number of fused-ring (bicyclic) bond motifs is 1. The minimum Gasteiger partial charge on any atom is -0.469 e. The van der Waals surface area contributed by atoms with Gasteiger partial charge < -0.3 is 15.0 Å². The highest BCUT2D eigenvalue weighted by Crippen LogP contribution is 2.15. The molecule has 2 aromatic heterocycles. The summed E-state index contributed by atoms with van der Waals surface area (Å²) in [5.74, 6) is -0.837. The number of nitrogens with one attached hydrogen (secondary N) is 2. The minimum absolute atomic E-state index is 0.0701. The summed E-state index contributed by atoms with van der Waals surface area (Å²) in [6.45, 7) is 1.06. The Hall–Kier alpha value is -4.54. The Morgan fingerprint density at radius 2 is 1.81 bits per heavy atom. The molecule has 0 saturated heterocycles. The number of methoxy groups -OCH3 is 1. The first-order valence-electron chi connectivity index (χ1n) is 11.2. The van der Waals surface area contributed by atoms with Crippen LogP contribution in [-0.4, -0.2) is 38.1 Å². The zero-order valence-electron chi connectivity index (χ0n) is 19.7. The topological polar surface area (TPSA) is 128 Å². The average molecular weight is 493 g/mol. The third-order valence-electron chi connectivity index (χ3n) is 5.61. The van der Waals surface area contributed by atoms with E-state index in [1.54, 1.807) is 30.3 Å².